The predicted molar refractivity (Wildman–Crippen MR) is 94.2 cm³/mol. The van der Waals surface area contributed by atoms with E-state index in [0.29, 0.717) is 37.7 Å². The molecule has 1 unspecified atom stereocenters. The van der Waals surface area contributed by atoms with E-state index in [2.05, 4.69) is 20.2 Å². The predicted octanol–water partition coefficient (Wildman–Crippen LogP) is 0.944. The highest BCUT2D eigenvalue weighted by Gasteiger charge is 2.26. The fourth-order valence-corrected chi connectivity index (χ4v) is 2.79. The van der Waals surface area contributed by atoms with Crippen LogP contribution < -0.4 is 10.2 Å². The van der Waals surface area contributed by atoms with Crippen LogP contribution in [0.4, 0.5) is 5.95 Å². The Kier molecular flexibility index (Phi) is 5.23. The standard InChI is InChI=1S/C18H21N5O2/c1-14(21-16(24)15-6-3-2-4-7-15)17(25)22-10-12-23(13-11-22)18-19-8-5-9-20-18/h2-9,14H,10-13H2,1H3,(H,21,24). The van der Waals surface area contributed by atoms with Crippen LogP contribution in [0.25, 0.3) is 0 Å². The highest BCUT2D eigenvalue weighted by Crippen LogP contribution is 2.10. The molecule has 2 amide bonds. The molecule has 1 aliphatic heterocycles. The molecule has 1 saturated heterocycles. The molecule has 1 aromatic carbocycles. The van der Waals surface area contributed by atoms with E-state index < -0.39 is 6.04 Å². The topological polar surface area (TPSA) is 78.4 Å². The molecule has 0 saturated carbocycles. The summed E-state index contributed by atoms with van der Waals surface area (Å²) in [6, 6.07) is 10.1. The first-order chi connectivity index (χ1) is 12.1. The Balaban J connectivity index is 1.53. The Morgan fingerprint density at radius 1 is 1.00 bits per heavy atom. The van der Waals surface area contributed by atoms with E-state index in [9.17, 15) is 9.59 Å². The number of carbonyl (C=O) groups excluding carboxylic acids is 2. The van der Waals surface area contributed by atoms with Crippen molar-refractivity contribution in [1.29, 1.82) is 0 Å². The summed E-state index contributed by atoms with van der Waals surface area (Å²) in [7, 11) is 0. The van der Waals surface area contributed by atoms with Crippen molar-refractivity contribution in [1.82, 2.24) is 20.2 Å². The minimum atomic E-state index is -0.563. The summed E-state index contributed by atoms with van der Waals surface area (Å²) in [5, 5.41) is 2.77. The summed E-state index contributed by atoms with van der Waals surface area (Å²) in [4.78, 5) is 37.0. The van der Waals surface area contributed by atoms with Crippen molar-refractivity contribution in [3.05, 3.63) is 54.4 Å². The number of piperazine rings is 1. The van der Waals surface area contributed by atoms with Crippen molar-refractivity contribution in [2.75, 3.05) is 31.1 Å². The molecule has 1 fully saturated rings. The number of aromatic nitrogens is 2. The maximum atomic E-state index is 12.6. The van der Waals surface area contributed by atoms with Gasteiger partial charge in [-0.05, 0) is 25.1 Å². The zero-order valence-electron chi connectivity index (χ0n) is 14.1. The first-order valence-corrected chi connectivity index (χ1v) is 8.32. The van der Waals surface area contributed by atoms with E-state index in [1.54, 1.807) is 54.5 Å². The normalized spacial score (nSPS) is 15.6. The van der Waals surface area contributed by atoms with E-state index in [-0.39, 0.29) is 11.8 Å². The molecule has 2 heterocycles. The van der Waals surface area contributed by atoms with Crippen molar-refractivity contribution in [3.63, 3.8) is 0 Å². The number of amides is 2. The molecule has 1 N–H and O–H groups in total. The molecule has 7 nitrogen and oxygen atoms in total. The average molecular weight is 339 g/mol. The minimum absolute atomic E-state index is 0.0714. The van der Waals surface area contributed by atoms with E-state index in [4.69, 9.17) is 0 Å². The van der Waals surface area contributed by atoms with Gasteiger partial charge in [0.25, 0.3) is 5.91 Å². The van der Waals surface area contributed by atoms with Crippen molar-refractivity contribution in [2.24, 2.45) is 0 Å². The van der Waals surface area contributed by atoms with Gasteiger partial charge in [-0.3, -0.25) is 9.59 Å². The molecule has 3 rings (SSSR count). The lowest BCUT2D eigenvalue weighted by Crippen LogP contribution is -2.54. The summed E-state index contributed by atoms with van der Waals surface area (Å²) in [5.74, 6) is 0.371. The van der Waals surface area contributed by atoms with Crippen molar-refractivity contribution in [2.45, 2.75) is 13.0 Å². The summed E-state index contributed by atoms with van der Waals surface area (Å²) in [6.07, 6.45) is 3.42. The van der Waals surface area contributed by atoms with Gasteiger partial charge in [0, 0.05) is 44.1 Å². The molecule has 0 radical (unpaired) electrons. The van der Waals surface area contributed by atoms with E-state index in [1.807, 2.05) is 6.07 Å². The van der Waals surface area contributed by atoms with Crippen LogP contribution in [0.5, 0.6) is 0 Å². The molecule has 7 heteroatoms. The zero-order chi connectivity index (χ0) is 17.6. The van der Waals surface area contributed by atoms with Crippen LogP contribution in [0.3, 0.4) is 0 Å². The maximum Gasteiger partial charge on any atom is 0.251 e. The monoisotopic (exact) mass is 339 g/mol. The van der Waals surface area contributed by atoms with Crippen LogP contribution >= 0.6 is 0 Å². The fourth-order valence-electron chi connectivity index (χ4n) is 2.79. The highest BCUT2D eigenvalue weighted by molar-refractivity contribution is 5.97. The van der Waals surface area contributed by atoms with Crippen LogP contribution in [0.15, 0.2) is 48.8 Å². The molecule has 25 heavy (non-hydrogen) atoms. The Labute approximate surface area is 146 Å². The third-order valence-corrected chi connectivity index (χ3v) is 4.18. The van der Waals surface area contributed by atoms with Gasteiger partial charge in [-0.15, -0.1) is 0 Å². The van der Waals surface area contributed by atoms with Crippen LogP contribution in [-0.4, -0.2) is 58.9 Å². The van der Waals surface area contributed by atoms with E-state index in [1.165, 1.54) is 0 Å². The molecule has 0 spiro atoms. The summed E-state index contributed by atoms with van der Waals surface area (Å²) in [5.41, 5.74) is 0.549. The lowest BCUT2D eigenvalue weighted by atomic mass is 10.2. The number of rotatable bonds is 4. The van der Waals surface area contributed by atoms with Gasteiger partial charge < -0.3 is 15.1 Å². The van der Waals surface area contributed by atoms with Crippen LogP contribution in [0, 0.1) is 0 Å². The van der Waals surface area contributed by atoms with Gasteiger partial charge in [-0.25, -0.2) is 9.97 Å². The number of hydrogen-bond acceptors (Lipinski definition) is 5. The third-order valence-electron chi connectivity index (χ3n) is 4.18. The van der Waals surface area contributed by atoms with Crippen molar-refractivity contribution in [3.8, 4) is 0 Å². The number of anilines is 1. The van der Waals surface area contributed by atoms with Crippen molar-refractivity contribution >= 4 is 17.8 Å². The third kappa shape index (κ3) is 4.12. The highest BCUT2D eigenvalue weighted by atomic mass is 16.2. The molecule has 1 aliphatic rings. The zero-order valence-corrected chi connectivity index (χ0v) is 14.1. The number of benzene rings is 1. The Hall–Kier alpha value is -2.96. The quantitative estimate of drug-likeness (QED) is 0.897. The van der Waals surface area contributed by atoms with Gasteiger partial charge in [-0.1, -0.05) is 18.2 Å². The number of carbonyl (C=O) groups is 2. The molecule has 0 bridgehead atoms. The molecular weight excluding hydrogens is 318 g/mol. The lowest BCUT2D eigenvalue weighted by Gasteiger charge is -2.35. The van der Waals surface area contributed by atoms with E-state index in [0.717, 1.165) is 0 Å². The van der Waals surface area contributed by atoms with Crippen LogP contribution in [0.2, 0.25) is 0 Å². The first-order valence-electron chi connectivity index (χ1n) is 8.32. The van der Waals surface area contributed by atoms with E-state index >= 15 is 0 Å². The number of hydrogen-bond donors (Lipinski definition) is 1. The Bertz CT molecular complexity index is 715. The second-order valence-electron chi connectivity index (χ2n) is 5.92. The lowest BCUT2D eigenvalue weighted by molar-refractivity contribution is -0.133. The van der Waals surface area contributed by atoms with Gasteiger partial charge in [-0.2, -0.15) is 0 Å². The van der Waals surface area contributed by atoms with Gasteiger partial charge in [0.15, 0.2) is 0 Å². The maximum absolute atomic E-state index is 12.6. The smallest absolute Gasteiger partial charge is 0.251 e. The molecule has 1 atom stereocenters. The second-order valence-corrected chi connectivity index (χ2v) is 5.92. The Morgan fingerprint density at radius 3 is 2.28 bits per heavy atom. The molecule has 2 aromatic rings. The number of nitrogens with zero attached hydrogens (tertiary/aromatic N) is 4. The molecule has 130 valence electrons. The number of nitrogens with one attached hydrogen (secondary N) is 1. The summed E-state index contributed by atoms with van der Waals surface area (Å²) < 4.78 is 0. The van der Waals surface area contributed by atoms with Gasteiger partial charge in [0.05, 0.1) is 0 Å². The fraction of sp³-hybridized carbons (Fsp3) is 0.333. The molecule has 1 aromatic heterocycles. The first kappa shape index (κ1) is 16.9. The van der Waals surface area contributed by atoms with Gasteiger partial charge >= 0.3 is 0 Å². The average Bonchev–Trinajstić information content (AvgIpc) is 2.69. The minimum Gasteiger partial charge on any atom is -0.341 e. The molecule has 0 aliphatic carbocycles. The summed E-state index contributed by atoms with van der Waals surface area (Å²) >= 11 is 0. The van der Waals surface area contributed by atoms with Crippen molar-refractivity contribution < 1.29 is 9.59 Å². The van der Waals surface area contributed by atoms with Gasteiger partial charge in [0.1, 0.15) is 6.04 Å². The SMILES string of the molecule is CC(NC(=O)c1ccccc1)C(=O)N1CCN(c2ncccn2)CC1. The Morgan fingerprint density at radius 2 is 1.64 bits per heavy atom. The van der Waals surface area contributed by atoms with Gasteiger partial charge in [0.2, 0.25) is 11.9 Å². The largest absolute Gasteiger partial charge is 0.341 e. The van der Waals surface area contributed by atoms with Crippen LogP contribution in [-0.2, 0) is 4.79 Å². The van der Waals surface area contributed by atoms with Crippen LogP contribution in [0.1, 0.15) is 17.3 Å². The molecular formula is C18H21N5O2. The summed E-state index contributed by atoms with van der Waals surface area (Å²) in [6.45, 7) is 4.24. The second kappa shape index (κ2) is 7.74.